The van der Waals surface area contributed by atoms with Crippen molar-refractivity contribution in [1.29, 1.82) is 0 Å². The van der Waals surface area contributed by atoms with Gasteiger partial charge in [-0.05, 0) is 18.1 Å². The highest BCUT2D eigenvalue weighted by Crippen LogP contribution is 2.35. The average Bonchev–Trinajstić information content (AvgIpc) is 2.82. The van der Waals surface area contributed by atoms with Crippen LogP contribution >= 0.6 is 0 Å². The fraction of sp³-hybridized carbons (Fsp3) is 0.200. The number of allylic oxidation sites excluding steroid dienone is 1. The van der Waals surface area contributed by atoms with Gasteiger partial charge in [0.1, 0.15) is 0 Å². The number of nitrogens with one attached hydrogen (secondary N) is 1. The molecule has 0 aliphatic carbocycles. The van der Waals surface area contributed by atoms with Crippen LogP contribution in [0.25, 0.3) is 4.91 Å². The molecule has 0 bridgehead atoms. The van der Waals surface area contributed by atoms with Gasteiger partial charge in [-0.2, -0.15) is 5.10 Å². The maximum atomic E-state index is 11.9. The summed E-state index contributed by atoms with van der Waals surface area (Å²) < 4.78 is 11.9. The summed E-state index contributed by atoms with van der Waals surface area (Å²) >= 11 is 0. The Morgan fingerprint density at radius 2 is 2.40 bits per heavy atom. The fourth-order valence-electron chi connectivity index (χ4n) is 1.86. The van der Waals surface area contributed by atoms with Crippen molar-refractivity contribution >= 4 is 21.9 Å². The van der Waals surface area contributed by atoms with Crippen molar-refractivity contribution < 1.29 is 4.21 Å². The van der Waals surface area contributed by atoms with Gasteiger partial charge in [0.15, 0.2) is 0 Å². The monoisotopic (exact) mass is 219 g/mol. The van der Waals surface area contributed by atoms with Gasteiger partial charge in [0.2, 0.25) is 0 Å². The van der Waals surface area contributed by atoms with Crippen molar-refractivity contribution in [3.63, 3.8) is 0 Å². The largest absolute Gasteiger partial charge is 0.292 e. The molecule has 3 heterocycles. The molecule has 0 saturated carbocycles. The van der Waals surface area contributed by atoms with Gasteiger partial charge >= 0.3 is 0 Å². The van der Waals surface area contributed by atoms with Crippen LogP contribution in [0.4, 0.5) is 0 Å². The zero-order chi connectivity index (χ0) is 10.3. The summed E-state index contributed by atoms with van der Waals surface area (Å²) in [5.74, 6) is 0. The molecule has 76 valence electrons. The number of hydrogen-bond donors (Lipinski definition) is 1. The molecule has 4 nitrogen and oxygen atoms in total. The normalized spacial score (nSPS) is 24.3. The summed E-state index contributed by atoms with van der Waals surface area (Å²) in [6, 6.07) is 1.85. The molecule has 1 aromatic heterocycles. The second kappa shape index (κ2) is 3.27. The molecule has 2 aliphatic heterocycles. The Balaban J connectivity index is 2.17. The van der Waals surface area contributed by atoms with Crippen LogP contribution in [-0.2, 0) is 10.8 Å². The molecule has 5 heteroatoms. The summed E-state index contributed by atoms with van der Waals surface area (Å²) in [5, 5.41) is 8.51. The van der Waals surface area contributed by atoms with E-state index in [0.29, 0.717) is 0 Å². The standard InChI is InChI=1S/C10H9N3OS/c14-15-6-7-5-11-3-1-8(7)10(15)9-2-4-12-13-9/h2,4-6H,1,3H2,(H,12,13). The van der Waals surface area contributed by atoms with Crippen LogP contribution < -0.4 is 0 Å². The van der Waals surface area contributed by atoms with E-state index in [0.717, 1.165) is 34.7 Å². The Morgan fingerprint density at radius 3 is 3.20 bits per heavy atom. The number of H-pyrrole nitrogens is 1. The van der Waals surface area contributed by atoms with E-state index in [1.807, 2.05) is 6.07 Å². The molecule has 0 saturated heterocycles. The first-order chi connectivity index (χ1) is 7.36. The highest BCUT2D eigenvalue weighted by Gasteiger charge is 2.25. The Hall–Kier alpha value is -1.49. The molecular formula is C10H9N3OS. The Kier molecular flexibility index (Phi) is 1.92. The van der Waals surface area contributed by atoms with Gasteiger partial charge < -0.3 is 0 Å². The molecular weight excluding hydrogens is 210 g/mol. The molecule has 2 aliphatic rings. The van der Waals surface area contributed by atoms with E-state index in [9.17, 15) is 4.21 Å². The Labute approximate surface area is 89.3 Å². The number of aliphatic imine (C=N–C) groups is 1. The average molecular weight is 219 g/mol. The lowest BCUT2D eigenvalue weighted by Gasteiger charge is -2.09. The molecule has 1 N–H and O–H groups in total. The zero-order valence-corrected chi connectivity index (χ0v) is 8.75. The Morgan fingerprint density at radius 1 is 1.47 bits per heavy atom. The summed E-state index contributed by atoms with van der Waals surface area (Å²) in [4.78, 5) is 5.05. The molecule has 3 rings (SSSR count). The minimum atomic E-state index is -1.05. The molecule has 1 atom stereocenters. The Bertz CT molecular complexity index is 511. The maximum Gasteiger partial charge on any atom is 0.0807 e. The van der Waals surface area contributed by atoms with E-state index in [1.54, 1.807) is 17.8 Å². The number of rotatable bonds is 1. The smallest absolute Gasteiger partial charge is 0.0807 e. The van der Waals surface area contributed by atoms with Gasteiger partial charge in [-0.3, -0.25) is 10.1 Å². The first kappa shape index (κ1) is 8.79. The predicted molar refractivity (Wildman–Crippen MR) is 59.7 cm³/mol. The molecule has 0 aromatic carbocycles. The SMILES string of the molecule is O=S1C=C2C=NCCC2=C1c1ccn[nH]1. The van der Waals surface area contributed by atoms with Gasteiger partial charge in [-0.15, -0.1) is 0 Å². The summed E-state index contributed by atoms with van der Waals surface area (Å²) in [6.45, 7) is 0.779. The third-order valence-electron chi connectivity index (χ3n) is 2.52. The molecule has 0 fully saturated rings. The lowest BCUT2D eigenvalue weighted by molar-refractivity contribution is 0.694. The molecule has 0 amide bonds. The van der Waals surface area contributed by atoms with E-state index >= 15 is 0 Å². The second-order valence-electron chi connectivity index (χ2n) is 3.43. The quantitative estimate of drug-likeness (QED) is 0.772. The molecule has 0 radical (unpaired) electrons. The number of fused-ring (bicyclic) bond motifs is 1. The van der Waals surface area contributed by atoms with Crippen molar-refractivity contribution in [2.24, 2.45) is 4.99 Å². The van der Waals surface area contributed by atoms with E-state index < -0.39 is 10.8 Å². The molecule has 15 heavy (non-hydrogen) atoms. The van der Waals surface area contributed by atoms with Crippen molar-refractivity contribution in [3.05, 3.63) is 34.5 Å². The lowest BCUT2D eigenvalue weighted by Crippen LogP contribution is -2.01. The van der Waals surface area contributed by atoms with Gasteiger partial charge in [0.25, 0.3) is 0 Å². The van der Waals surface area contributed by atoms with Gasteiger partial charge in [-0.25, -0.2) is 4.21 Å². The molecule has 1 unspecified atom stereocenters. The fourth-order valence-corrected chi connectivity index (χ4v) is 3.20. The van der Waals surface area contributed by atoms with E-state index in [4.69, 9.17) is 0 Å². The van der Waals surface area contributed by atoms with Crippen molar-refractivity contribution in [3.8, 4) is 0 Å². The second-order valence-corrected chi connectivity index (χ2v) is 4.67. The predicted octanol–water partition coefficient (Wildman–Crippen LogP) is 1.24. The van der Waals surface area contributed by atoms with Crippen LogP contribution in [0.15, 0.2) is 33.8 Å². The van der Waals surface area contributed by atoms with Crippen LogP contribution in [0.1, 0.15) is 12.1 Å². The number of hydrogen-bond acceptors (Lipinski definition) is 3. The number of nitrogens with zero attached hydrogens (tertiary/aromatic N) is 2. The summed E-state index contributed by atoms with van der Waals surface area (Å²) in [7, 11) is -1.05. The van der Waals surface area contributed by atoms with Gasteiger partial charge in [0.05, 0.1) is 21.4 Å². The molecule has 1 aromatic rings. The summed E-state index contributed by atoms with van der Waals surface area (Å²) in [6.07, 6.45) is 4.34. The van der Waals surface area contributed by atoms with Gasteiger partial charge in [0, 0.05) is 29.9 Å². The van der Waals surface area contributed by atoms with Crippen LogP contribution in [0.5, 0.6) is 0 Å². The number of aromatic amines is 1. The van der Waals surface area contributed by atoms with Crippen LogP contribution in [-0.4, -0.2) is 27.2 Å². The van der Waals surface area contributed by atoms with E-state index in [1.165, 1.54) is 0 Å². The van der Waals surface area contributed by atoms with Crippen molar-refractivity contribution in [2.45, 2.75) is 6.42 Å². The van der Waals surface area contributed by atoms with Crippen molar-refractivity contribution in [2.75, 3.05) is 6.54 Å². The zero-order valence-electron chi connectivity index (χ0n) is 7.93. The highest BCUT2D eigenvalue weighted by molar-refractivity contribution is 7.97. The first-order valence-electron chi connectivity index (χ1n) is 4.72. The van der Waals surface area contributed by atoms with Crippen LogP contribution in [0, 0.1) is 0 Å². The first-order valence-corrected chi connectivity index (χ1v) is 5.93. The molecule has 0 spiro atoms. The minimum absolute atomic E-state index is 0.779. The van der Waals surface area contributed by atoms with Crippen LogP contribution in [0.2, 0.25) is 0 Å². The third-order valence-corrected chi connectivity index (χ3v) is 3.86. The van der Waals surface area contributed by atoms with Crippen LogP contribution in [0.3, 0.4) is 0 Å². The number of aromatic nitrogens is 2. The summed E-state index contributed by atoms with van der Waals surface area (Å²) in [5.41, 5.74) is 3.00. The lowest BCUT2D eigenvalue weighted by atomic mass is 10.0. The minimum Gasteiger partial charge on any atom is -0.292 e. The topological polar surface area (TPSA) is 58.1 Å². The van der Waals surface area contributed by atoms with Crippen molar-refractivity contribution in [1.82, 2.24) is 10.2 Å². The highest BCUT2D eigenvalue weighted by atomic mass is 32.2. The van der Waals surface area contributed by atoms with E-state index in [-0.39, 0.29) is 0 Å². The maximum absolute atomic E-state index is 11.9. The van der Waals surface area contributed by atoms with Gasteiger partial charge in [-0.1, -0.05) is 0 Å². The van der Waals surface area contributed by atoms with E-state index in [2.05, 4.69) is 15.2 Å². The third kappa shape index (κ3) is 1.31.